The molecule has 0 saturated carbocycles. The van der Waals surface area contributed by atoms with Gasteiger partial charge in [-0.05, 0) is 34.4 Å². The second kappa shape index (κ2) is 8.75. The molecule has 1 saturated heterocycles. The number of nitrogens with one attached hydrogen (secondary N) is 1. The summed E-state index contributed by atoms with van der Waals surface area (Å²) in [4.78, 5) is 28.9. The summed E-state index contributed by atoms with van der Waals surface area (Å²) in [6, 6.07) is 19.8. The van der Waals surface area contributed by atoms with Crippen molar-refractivity contribution in [1.29, 1.82) is 0 Å². The highest BCUT2D eigenvalue weighted by molar-refractivity contribution is 5.96. The highest BCUT2D eigenvalue weighted by Gasteiger charge is 2.34. The molecule has 0 spiro atoms. The third kappa shape index (κ3) is 4.00. The van der Waals surface area contributed by atoms with Crippen LogP contribution in [0.3, 0.4) is 0 Å². The fraction of sp³-hybridized carbons (Fsp3) is 0.231. The van der Waals surface area contributed by atoms with Gasteiger partial charge in [0.25, 0.3) is 5.91 Å². The van der Waals surface area contributed by atoms with Crippen molar-refractivity contribution >= 4 is 11.8 Å². The van der Waals surface area contributed by atoms with E-state index in [4.69, 9.17) is 0 Å². The minimum absolute atomic E-state index is 0.163. The third-order valence-corrected chi connectivity index (χ3v) is 6.41. The maximum Gasteiger partial charge on any atom is 0.254 e. The molecule has 1 aliphatic carbocycles. The van der Waals surface area contributed by atoms with Crippen LogP contribution in [0.5, 0.6) is 0 Å². The summed E-state index contributed by atoms with van der Waals surface area (Å²) in [6.45, 7) is 2.27. The molecule has 1 fully saturated rings. The van der Waals surface area contributed by atoms with Crippen molar-refractivity contribution < 1.29 is 18.4 Å². The lowest BCUT2D eigenvalue weighted by Crippen LogP contribution is -2.51. The van der Waals surface area contributed by atoms with Crippen molar-refractivity contribution in [3.05, 3.63) is 95.1 Å². The Kier molecular flexibility index (Phi) is 5.64. The molecule has 0 unspecified atom stereocenters. The Morgan fingerprint density at radius 3 is 2.06 bits per heavy atom. The number of amides is 2. The first kappa shape index (κ1) is 21.3. The average Bonchev–Trinajstić information content (AvgIpc) is 3.17. The molecule has 0 atom stereocenters. The number of nitrogens with zero attached hydrogens (tertiary/aromatic N) is 2. The standard InChI is InChI=1S/C26H23F2N3O2/c27-17-9-10-22(23(28)15-17)26(33)29-16-24(32)30-11-13-31(14-12-30)25-20-7-3-1-5-18(20)19-6-2-4-8-21(19)25/h1-10,15,25H,11-14,16H2,(H,29,33). The number of fused-ring (bicyclic) bond motifs is 3. The van der Waals surface area contributed by atoms with Gasteiger partial charge < -0.3 is 10.2 Å². The predicted octanol–water partition coefficient (Wildman–Crippen LogP) is 3.61. The van der Waals surface area contributed by atoms with Crippen LogP contribution in [0.2, 0.25) is 0 Å². The van der Waals surface area contributed by atoms with E-state index in [2.05, 4.69) is 58.7 Å². The zero-order chi connectivity index (χ0) is 22.9. The lowest BCUT2D eigenvalue weighted by atomic mass is 10.0. The number of halogens is 2. The predicted molar refractivity (Wildman–Crippen MR) is 121 cm³/mol. The minimum Gasteiger partial charge on any atom is -0.343 e. The summed E-state index contributed by atoms with van der Waals surface area (Å²) < 4.78 is 26.8. The van der Waals surface area contributed by atoms with Gasteiger partial charge in [-0.3, -0.25) is 14.5 Å². The van der Waals surface area contributed by atoms with E-state index in [1.807, 2.05) is 0 Å². The fourth-order valence-electron chi connectivity index (χ4n) is 4.79. The van der Waals surface area contributed by atoms with Crippen molar-refractivity contribution in [3.63, 3.8) is 0 Å². The Hall–Kier alpha value is -3.58. The fourth-order valence-corrected chi connectivity index (χ4v) is 4.79. The van der Waals surface area contributed by atoms with Gasteiger partial charge in [0.05, 0.1) is 18.2 Å². The number of benzene rings is 3. The molecule has 3 aromatic rings. The van der Waals surface area contributed by atoms with Crippen LogP contribution in [0.25, 0.3) is 11.1 Å². The second-order valence-electron chi connectivity index (χ2n) is 8.30. The molecule has 0 bridgehead atoms. The summed E-state index contributed by atoms with van der Waals surface area (Å²) in [7, 11) is 0. The molecule has 168 valence electrons. The zero-order valence-corrected chi connectivity index (χ0v) is 17.9. The Balaban J connectivity index is 1.21. The first-order chi connectivity index (χ1) is 16.0. The van der Waals surface area contributed by atoms with Gasteiger partial charge in [0.15, 0.2) is 0 Å². The third-order valence-electron chi connectivity index (χ3n) is 6.41. The maximum atomic E-state index is 13.8. The second-order valence-corrected chi connectivity index (χ2v) is 8.30. The van der Waals surface area contributed by atoms with Gasteiger partial charge in [0.1, 0.15) is 11.6 Å². The smallest absolute Gasteiger partial charge is 0.254 e. The molecule has 1 heterocycles. The lowest BCUT2D eigenvalue weighted by molar-refractivity contribution is -0.132. The first-order valence-corrected chi connectivity index (χ1v) is 11.0. The molecule has 2 aliphatic rings. The molecular weight excluding hydrogens is 424 g/mol. The number of piperazine rings is 1. The van der Waals surface area contributed by atoms with E-state index in [0.29, 0.717) is 32.2 Å². The maximum absolute atomic E-state index is 13.8. The van der Waals surface area contributed by atoms with Crippen LogP contribution >= 0.6 is 0 Å². The summed E-state index contributed by atoms with van der Waals surface area (Å²) in [5, 5.41) is 2.44. The van der Waals surface area contributed by atoms with Crippen LogP contribution in [0.1, 0.15) is 27.5 Å². The largest absolute Gasteiger partial charge is 0.343 e. The van der Waals surface area contributed by atoms with Gasteiger partial charge in [-0.25, -0.2) is 8.78 Å². The average molecular weight is 447 g/mol. The molecule has 1 aliphatic heterocycles. The topological polar surface area (TPSA) is 52.7 Å². The molecule has 5 nitrogen and oxygen atoms in total. The number of hydrogen-bond acceptors (Lipinski definition) is 3. The Morgan fingerprint density at radius 1 is 0.848 bits per heavy atom. The Labute approximate surface area is 190 Å². The number of carbonyl (C=O) groups is 2. The normalized spacial score (nSPS) is 15.8. The molecule has 5 rings (SSSR count). The summed E-state index contributed by atoms with van der Waals surface area (Å²) >= 11 is 0. The zero-order valence-electron chi connectivity index (χ0n) is 17.9. The summed E-state index contributed by atoms with van der Waals surface area (Å²) in [6.07, 6.45) is 0. The number of hydrogen-bond donors (Lipinski definition) is 1. The van der Waals surface area contributed by atoms with Crippen LogP contribution in [0, 0.1) is 11.6 Å². The number of rotatable bonds is 4. The van der Waals surface area contributed by atoms with Crippen molar-refractivity contribution in [3.8, 4) is 11.1 Å². The SMILES string of the molecule is O=C(NCC(=O)N1CCN(C2c3ccccc3-c3ccccc32)CC1)c1ccc(F)cc1F. The Bertz CT molecular complexity index is 1180. The van der Waals surface area contributed by atoms with E-state index in [1.54, 1.807) is 4.90 Å². The van der Waals surface area contributed by atoms with Gasteiger partial charge in [0, 0.05) is 32.2 Å². The summed E-state index contributed by atoms with van der Waals surface area (Å²) in [5.74, 6) is -2.67. The van der Waals surface area contributed by atoms with E-state index >= 15 is 0 Å². The van der Waals surface area contributed by atoms with Gasteiger partial charge in [0.2, 0.25) is 5.91 Å². The van der Waals surface area contributed by atoms with Gasteiger partial charge in [-0.2, -0.15) is 0 Å². The van der Waals surface area contributed by atoms with Gasteiger partial charge >= 0.3 is 0 Å². The molecule has 0 radical (unpaired) electrons. The summed E-state index contributed by atoms with van der Waals surface area (Å²) in [5.41, 5.74) is 4.80. The molecular formula is C26H23F2N3O2. The highest BCUT2D eigenvalue weighted by atomic mass is 19.1. The Morgan fingerprint density at radius 2 is 1.45 bits per heavy atom. The van der Waals surface area contributed by atoms with E-state index in [9.17, 15) is 18.4 Å². The molecule has 7 heteroatoms. The molecule has 1 N–H and O–H groups in total. The number of carbonyl (C=O) groups excluding carboxylic acids is 2. The van der Waals surface area contributed by atoms with Crippen molar-refractivity contribution in [2.45, 2.75) is 6.04 Å². The quantitative estimate of drug-likeness (QED) is 0.665. The van der Waals surface area contributed by atoms with Gasteiger partial charge in [-0.15, -0.1) is 0 Å². The molecule has 3 aromatic carbocycles. The van der Waals surface area contributed by atoms with Crippen molar-refractivity contribution in [2.75, 3.05) is 32.7 Å². The molecule has 2 amide bonds. The van der Waals surface area contributed by atoms with Crippen molar-refractivity contribution in [2.24, 2.45) is 0 Å². The van der Waals surface area contributed by atoms with E-state index in [-0.39, 0.29) is 24.1 Å². The van der Waals surface area contributed by atoms with E-state index in [0.717, 1.165) is 12.1 Å². The lowest BCUT2D eigenvalue weighted by Gasteiger charge is -2.38. The first-order valence-electron chi connectivity index (χ1n) is 11.0. The molecule has 33 heavy (non-hydrogen) atoms. The van der Waals surface area contributed by atoms with Gasteiger partial charge in [-0.1, -0.05) is 48.5 Å². The van der Waals surface area contributed by atoms with Crippen LogP contribution < -0.4 is 5.32 Å². The van der Waals surface area contributed by atoms with Crippen LogP contribution in [-0.4, -0.2) is 54.3 Å². The van der Waals surface area contributed by atoms with Crippen molar-refractivity contribution in [1.82, 2.24) is 15.1 Å². The van der Waals surface area contributed by atoms with Crippen LogP contribution in [-0.2, 0) is 4.79 Å². The highest BCUT2D eigenvalue weighted by Crippen LogP contribution is 2.46. The minimum atomic E-state index is -0.953. The molecule has 0 aromatic heterocycles. The van der Waals surface area contributed by atoms with E-state index in [1.165, 1.54) is 22.3 Å². The van der Waals surface area contributed by atoms with Crippen LogP contribution in [0.15, 0.2) is 66.7 Å². The van der Waals surface area contributed by atoms with E-state index < -0.39 is 17.5 Å². The van der Waals surface area contributed by atoms with Crippen LogP contribution in [0.4, 0.5) is 8.78 Å². The monoisotopic (exact) mass is 447 g/mol.